The Kier molecular flexibility index (Phi) is 4.64. The van der Waals surface area contributed by atoms with Gasteiger partial charge in [0.15, 0.2) is 0 Å². The lowest BCUT2D eigenvalue weighted by molar-refractivity contribution is 0.556. The molecule has 2 aromatic carbocycles. The molecule has 0 saturated heterocycles. The van der Waals surface area contributed by atoms with Crippen molar-refractivity contribution >= 4 is 10.0 Å². The fraction of sp³-hybridized carbons (Fsp3) is 0.0588. The van der Waals surface area contributed by atoms with Gasteiger partial charge in [0.2, 0.25) is 10.0 Å². The fourth-order valence-corrected chi connectivity index (χ4v) is 3.25. The van der Waals surface area contributed by atoms with Crippen LogP contribution in [-0.2, 0) is 16.6 Å². The number of benzene rings is 2. The summed E-state index contributed by atoms with van der Waals surface area (Å²) in [5.74, 6) is -0.794. The van der Waals surface area contributed by atoms with Gasteiger partial charge in [0.05, 0.1) is 17.9 Å². The molecule has 1 heterocycles. The summed E-state index contributed by atoms with van der Waals surface area (Å²) in [6.45, 7) is -0.0565. The molecule has 1 aromatic heterocycles. The minimum Gasteiger partial charge on any atom is -0.240 e. The van der Waals surface area contributed by atoms with Crippen molar-refractivity contribution in [3.63, 3.8) is 0 Å². The third-order valence-corrected chi connectivity index (χ3v) is 4.80. The molecule has 24 heavy (non-hydrogen) atoms. The number of aromatic nitrogens is 2. The molecule has 7 heteroatoms. The molecule has 0 atom stereocenters. The summed E-state index contributed by atoms with van der Waals surface area (Å²) in [7, 11) is -3.95. The standard InChI is InChI=1S/C17H14FN3O2S/c18-15-8-4-5-9-17(15)24(22,23)21-11-14-10-16(20-12-19-14)13-6-2-1-3-7-13/h1-10,12,21H,11H2. The molecule has 0 aliphatic rings. The molecule has 0 saturated carbocycles. The number of sulfonamides is 1. The van der Waals surface area contributed by atoms with E-state index in [9.17, 15) is 12.8 Å². The molecule has 1 N–H and O–H groups in total. The van der Waals surface area contributed by atoms with Gasteiger partial charge in [0, 0.05) is 5.56 Å². The molecule has 0 bridgehead atoms. The van der Waals surface area contributed by atoms with Crippen molar-refractivity contribution in [1.82, 2.24) is 14.7 Å². The van der Waals surface area contributed by atoms with Gasteiger partial charge in [-0.1, -0.05) is 42.5 Å². The molecule has 0 aliphatic carbocycles. The van der Waals surface area contributed by atoms with Crippen molar-refractivity contribution in [1.29, 1.82) is 0 Å². The lowest BCUT2D eigenvalue weighted by Gasteiger charge is -2.08. The Bertz CT molecular complexity index is 947. The van der Waals surface area contributed by atoms with Crippen LogP contribution in [0.2, 0.25) is 0 Å². The maximum Gasteiger partial charge on any atom is 0.243 e. The van der Waals surface area contributed by atoms with Crippen LogP contribution in [0.5, 0.6) is 0 Å². The Hall–Kier alpha value is -2.64. The van der Waals surface area contributed by atoms with Crippen LogP contribution < -0.4 is 4.72 Å². The third-order valence-electron chi connectivity index (χ3n) is 3.36. The first-order valence-corrected chi connectivity index (χ1v) is 8.65. The summed E-state index contributed by atoms with van der Waals surface area (Å²) < 4.78 is 40.4. The zero-order chi connectivity index (χ0) is 17.0. The van der Waals surface area contributed by atoms with Crippen molar-refractivity contribution in [2.75, 3.05) is 0 Å². The van der Waals surface area contributed by atoms with Crippen LogP contribution in [0.15, 0.2) is 71.9 Å². The van der Waals surface area contributed by atoms with Crippen LogP contribution in [0, 0.1) is 5.82 Å². The largest absolute Gasteiger partial charge is 0.243 e. The van der Waals surface area contributed by atoms with E-state index in [4.69, 9.17) is 0 Å². The third kappa shape index (κ3) is 3.64. The highest BCUT2D eigenvalue weighted by atomic mass is 32.2. The number of halogens is 1. The lowest BCUT2D eigenvalue weighted by Crippen LogP contribution is -2.24. The number of nitrogens with zero attached hydrogens (tertiary/aromatic N) is 2. The van der Waals surface area contributed by atoms with Gasteiger partial charge < -0.3 is 0 Å². The van der Waals surface area contributed by atoms with Gasteiger partial charge in [-0.15, -0.1) is 0 Å². The first-order chi connectivity index (χ1) is 11.6. The zero-order valence-electron chi connectivity index (χ0n) is 12.6. The van der Waals surface area contributed by atoms with Crippen LogP contribution in [0.3, 0.4) is 0 Å². The molecule has 122 valence electrons. The zero-order valence-corrected chi connectivity index (χ0v) is 13.4. The molecule has 0 aliphatic heterocycles. The Morgan fingerprint density at radius 3 is 2.42 bits per heavy atom. The summed E-state index contributed by atoms with van der Waals surface area (Å²) in [6.07, 6.45) is 1.37. The summed E-state index contributed by atoms with van der Waals surface area (Å²) in [6, 6.07) is 16.4. The topological polar surface area (TPSA) is 72.0 Å². The van der Waals surface area contributed by atoms with Gasteiger partial charge in [-0.05, 0) is 18.2 Å². The molecular weight excluding hydrogens is 329 g/mol. The Balaban J connectivity index is 1.79. The lowest BCUT2D eigenvalue weighted by atomic mass is 10.1. The van der Waals surface area contributed by atoms with Gasteiger partial charge in [-0.2, -0.15) is 0 Å². The predicted octanol–water partition coefficient (Wildman–Crippen LogP) is 2.76. The number of nitrogens with one attached hydrogen (secondary N) is 1. The van der Waals surface area contributed by atoms with E-state index >= 15 is 0 Å². The monoisotopic (exact) mass is 343 g/mol. The molecule has 0 radical (unpaired) electrons. The van der Waals surface area contributed by atoms with Gasteiger partial charge in [0.25, 0.3) is 0 Å². The Labute approximate surface area is 139 Å². The van der Waals surface area contributed by atoms with E-state index < -0.39 is 15.8 Å². The van der Waals surface area contributed by atoms with Crippen molar-refractivity contribution in [3.8, 4) is 11.3 Å². The molecule has 5 nitrogen and oxygen atoms in total. The van der Waals surface area contributed by atoms with Crippen LogP contribution in [0.1, 0.15) is 5.69 Å². The van der Waals surface area contributed by atoms with Crippen LogP contribution in [-0.4, -0.2) is 18.4 Å². The smallest absolute Gasteiger partial charge is 0.240 e. The van der Waals surface area contributed by atoms with Crippen LogP contribution in [0.4, 0.5) is 4.39 Å². The second-order valence-electron chi connectivity index (χ2n) is 5.02. The summed E-state index contributed by atoms with van der Waals surface area (Å²) >= 11 is 0. The molecule has 0 spiro atoms. The first-order valence-electron chi connectivity index (χ1n) is 7.17. The van der Waals surface area contributed by atoms with E-state index in [1.165, 1.54) is 24.5 Å². The minimum absolute atomic E-state index is 0.0565. The number of hydrogen-bond acceptors (Lipinski definition) is 4. The minimum atomic E-state index is -3.95. The highest BCUT2D eigenvalue weighted by Crippen LogP contribution is 2.17. The average Bonchev–Trinajstić information content (AvgIpc) is 2.61. The highest BCUT2D eigenvalue weighted by molar-refractivity contribution is 7.89. The maximum absolute atomic E-state index is 13.7. The van der Waals surface area contributed by atoms with E-state index in [1.807, 2.05) is 30.3 Å². The van der Waals surface area contributed by atoms with Crippen molar-refractivity contribution < 1.29 is 12.8 Å². The molecule has 0 unspecified atom stereocenters. The average molecular weight is 343 g/mol. The van der Waals surface area contributed by atoms with Crippen LogP contribution in [0.25, 0.3) is 11.3 Å². The second-order valence-corrected chi connectivity index (χ2v) is 6.75. The van der Waals surface area contributed by atoms with E-state index in [0.717, 1.165) is 11.6 Å². The highest BCUT2D eigenvalue weighted by Gasteiger charge is 2.18. The molecule has 0 fully saturated rings. The summed E-state index contributed by atoms with van der Waals surface area (Å²) in [5.41, 5.74) is 2.08. The normalized spacial score (nSPS) is 11.4. The summed E-state index contributed by atoms with van der Waals surface area (Å²) in [4.78, 5) is 7.84. The van der Waals surface area contributed by atoms with Crippen molar-refractivity contribution in [3.05, 3.63) is 78.5 Å². The first kappa shape index (κ1) is 16.2. The van der Waals surface area contributed by atoms with E-state index in [2.05, 4.69) is 14.7 Å². The van der Waals surface area contributed by atoms with Crippen LogP contribution >= 0.6 is 0 Å². The van der Waals surface area contributed by atoms with E-state index in [-0.39, 0.29) is 11.4 Å². The van der Waals surface area contributed by atoms with Crippen molar-refractivity contribution in [2.24, 2.45) is 0 Å². The van der Waals surface area contributed by atoms with Gasteiger partial charge in [-0.3, -0.25) is 0 Å². The van der Waals surface area contributed by atoms with Gasteiger partial charge in [0.1, 0.15) is 17.0 Å². The quantitative estimate of drug-likeness (QED) is 0.773. The molecule has 3 rings (SSSR count). The summed E-state index contributed by atoms with van der Waals surface area (Å²) in [5, 5.41) is 0. The van der Waals surface area contributed by atoms with E-state index in [0.29, 0.717) is 11.4 Å². The van der Waals surface area contributed by atoms with Crippen molar-refractivity contribution in [2.45, 2.75) is 11.4 Å². The number of hydrogen-bond donors (Lipinski definition) is 1. The number of rotatable bonds is 5. The van der Waals surface area contributed by atoms with Gasteiger partial charge in [-0.25, -0.2) is 27.5 Å². The predicted molar refractivity (Wildman–Crippen MR) is 87.9 cm³/mol. The molecular formula is C17H14FN3O2S. The molecule has 3 aromatic rings. The van der Waals surface area contributed by atoms with Gasteiger partial charge >= 0.3 is 0 Å². The fourth-order valence-electron chi connectivity index (χ4n) is 2.17. The Morgan fingerprint density at radius 2 is 1.67 bits per heavy atom. The van der Waals surface area contributed by atoms with E-state index in [1.54, 1.807) is 6.07 Å². The maximum atomic E-state index is 13.7. The Morgan fingerprint density at radius 1 is 0.958 bits per heavy atom. The SMILES string of the molecule is O=S(=O)(NCc1cc(-c2ccccc2)ncn1)c1ccccc1F. The second kappa shape index (κ2) is 6.86. The molecule has 0 amide bonds.